The van der Waals surface area contributed by atoms with Crippen LogP contribution in [0.4, 0.5) is 0 Å². The zero-order chi connectivity index (χ0) is 12.3. The van der Waals surface area contributed by atoms with E-state index in [0.717, 1.165) is 5.39 Å². The van der Waals surface area contributed by atoms with Crippen LogP contribution in [0.3, 0.4) is 0 Å². The van der Waals surface area contributed by atoms with Gasteiger partial charge in [0.1, 0.15) is 5.75 Å². The summed E-state index contributed by atoms with van der Waals surface area (Å²) in [6.07, 6.45) is 1.57. The van der Waals surface area contributed by atoms with Crippen molar-refractivity contribution in [2.75, 3.05) is 7.11 Å². The summed E-state index contributed by atoms with van der Waals surface area (Å²) in [6, 6.07) is 6.82. The molecule has 1 aromatic carbocycles. The van der Waals surface area contributed by atoms with Gasteiger partial charge in [-0.2, -0.15) is 0 Å². The summed E-state index contributed by atoms with van der Waals surface area (Å²) in [4.78, 5) is 18.2. The SMILES string of the molecule is COc1cc(C(=O)N=[N+]=[N-])c2ncccc2c1. The number of methoxy groups -OCH3 is 1. The van der Waals surface area contributed by atoms with Crippen molar-refractivity contribution >= 4 is 16.8 Å². The lowest BCUT2D eigenvalue weighted by Gasteiger charge is -2.05. The summed E-state index contributed by atoms with van der Waals surface area (Å²) < 4.78 is 5.08. The van der Waals surface area contributed by atoms with E-state index in [1.165, 1.54) is 13.2 Å². The third kappa shape index (κ3) is 2.02. The van der Waals surface area contributed by atoms with Crippen molar-refractivity contribution in [3.8, 4) is 5.75 Å². The molecule has 0 saturated heterocycles. The van der Waals surface area contributed by atoms with Gasteiger partial charge in [0.15, 0.2) is 0 Å². The molecule has 6 nitrogen and oxygen atoms in total. The molecular formula is C11H8N4O2. The molecule has 0 spiro atoms. The van der Waals surface area contributed by atoms with Crippen LogP contribution in [0.5, 0.6) is 5.75 Å². The summed E-state index contributed by atoms with van der Waals surface area (Å²) in [6.45, 7) is 0. The fourth-order valence-corrected chi connectivity index (χ4v) is 1.54. The minimum atomic E-state index is -0.671. The van der Waals surface area contributed by atoms with Gasteiger partial charge >= 0.3 is 0 Å². The molecule has 0 N–H and O–H groups in total. The highest BCUT2D eigenvalue weighted by Gasteiger charge is 2.11. The lowest BCUT2D eigenvalue weighted by molar-refractivity contribution is 0.100. The van der Waals surface area contributed by atoms with Crippen molar-refractivity contribution in [3.05, 3.63) is 46.5 Å². The molecule has 0 unspecified atom stereocenters. The number of ether oxygens (including phenoxy) is 1. The quantitative estimate of drug-likeness (QED) is 0.449. The maximum atomic E-state index is 11.6. The fraction of sp³-hybridized carbons (Fsp3) is 0.0909. The number of nitrogens with zero attached hydrogens (tertiary/aromatic N) is 4. The predicted octanol–water partition coefficient (Wildman–Crippen LogP) is 2.69. The van der Waals surface area contributed by atoms with E-state index in [1.807, 2.05) is 0 Å². The fourth-order valence-electron chi connectivity index (χ4n) is 1.54. The van der Waals surface area contributed by atoms with Crippen molar-refractivity contribution in [1.29, 1.82) is 0 Å². The summed E-state index contributed by atoms with van der Waals surface area (Å²) in [5.41, 5.74) is 9.01. The largest absolute Gasteiger partial charge is 0.497 e. The monoisotopic (exact) mass is 228 g/mol. The minimum absolute atomic E-state index is 0.234. The minimum Gasteiger partial charge on any atom is -0.497 e. The lowest BCUT2D eigenvalue weighted by atomic mass is 10.1. The highest BCUT2D eigenvalue weighted by atomic mass is 16.5. The Kier molecular flexibility index (Phi) is 2.89. The number of amides is 1. The number of hydrogen-bond donors (Lipinski definition) is 0. The molecule has 1 aromatic heterocycles. The van der Waals surface area contributed by atoms with Crippen molar-refractivity contribution in [2.24, 2.45) is 5.11 Å². The van der Waals surface area contributed by atoms with Gasteiger partial charge in [0.05, 0.1) is 18.2 Å². The molecular weight excluding hydrogens is 220 g/mol. The molecule has 0 atom stereocenters. The van der Waals surface area contributed by atoms with Crippen LogP contribution in [0, 0.1) is 0 Å². The Morgan fingerprint density at radius 1 is 1.53 bits per heavy atom. The Morgan fingerprint density at radius 2 is 2.35 bits per heavy atom. The number of rotatable bonds is 2. The number of benzene rings is 1. The van der Waals surface area contributed by atoms with Crippen molar-refractivity contribution in [1.82, 2.24) is 4.98 Å². The van der Waals surface area contributed by atoms with Gasteiger partial charge in [-0.05, 0) is 28.8 Å². The molecule has 0 aliphatic heterocycles. The Labute approximate surface area is 96.5 Å². The van der Waals surface area contributed by atoms with E-state index >= 15 is 0 Å². The van der Waals surface area contributed by atoms with E-state index in [1.54, 1.807) is 24.4 Å². The zero-order valence-electron chi connectivity index (χ0n) is 8.99. The summed E-state index contributed by atoms with van der Waals surface area (Å²) in [7, 11) is 1.50. The van der Waals surface area contributed by atoms with Crippen LogP contribution in [0.25, 0.3) is 21.3 Å². The van der Waals surface area contributed by atoms with E-state index in [9.17, 15) is 4.79 Å². The summed E-state index contributed by atoms with van der Waals surface area (Å²) in [5.74, 6) is -0.155. The molecule has 1 amide bonds. The normalized spacial score (nSPS) is 9.71. The van der Waals surface area contributed by atoms with Crippen LogP contribution in [0.15, 0.2) is 35.6 Å². The van der Waals surface area contributed by atoms with E-state index in [2.05, 4.69) is 15.0 Å². The summed E-state index contributed by atoms with van der Waals surface area (Å²) >= 11 is 0. The zero-order valence-corrected chi connectivity index (χ0v) is 8.99. The smallest absolute Gasteiger partial charge is 0.251 e. The molecule has 0 saturated carbocycles. The van der Waals surface area contributed by atoms with Crippen LogP contribution in [0.2, 0.25) is 0 Å². The van der Waals surface area contributed by atoms with E-state index < -0.39 is 5.91 Å². The van der Waals surface area contributed by atoms with Gasteiger partial charge < -0.3 is 4.74 Å². The average Bonchev–Trinajstić information content (AvgIpc) is 2.37. The molecule has 2 rings (SSSR count). The Bertz CT molecular complexity index is 632. The van der Waals surface area contributed by atoms with Crippen LogP contribution in [-0.2, 0) is 0 Å². The topological polar surface area (TPSA) is 88.0 Å². The number of azide groups is 1. The van der Waals surface area contributed by atoms with E-state index in [4.69, 9.17) is 10.3 Å². The number of carbonyl (C=O) groups excluding carboxylic acids is 1. The first-order chi connectivity index (χ1) is 8.26. The molecule has 1 heterocycles. The number of carbonyl (C=O) groups is 1. The first-order valence-electron chi connectivity index (χ1n) is 4.78. The molecule has 84 valence electrons. The van der Waals surface area contributed by atoms with Crippen molar-refractivity contribution in [3.63, 3.8) is 0 Å². The van der Waals surface area contributed by atoms with E-state index in [-0.39, 0.29) is 5.56 Å². The number of hydrogen-bond acceptors (Lipinski definition) is 3. The Balaban J connectivity index is 2.74. The van der Waals surface area contributed by atoms with Gasteiger partial charge in [-0.1, -0.05) is 6.07 Å². The van der Waals surface area contributed by atoms with Crippen LogP contribution in [-0.4, -0.2) is 18.0 Å². The summed E-state index contributed by atoms with van der Waals surface area (Å²) in [5, 5.41) is 3.82. The van der Waals surface area contributed by atoms with Crippen LogP contribution < -0.4 is 4.74 Å². The standard InChI is InChI=1S/C11H8N4O2/c1-17-8-5-7-3-2-4-13-10(7)9(6-8)11(16)14-15-12/h2-6H,1H3. The molecule has 0 aliphatic carbocycles. The maximum Gasteiger partial charge on any atom is 0.251 e. The third-order valence-corrected chi connectivity index (χ3v) is 2.28. The number of pyridine rings is 1. The first kappa shape index (κ1) is 10.9. The second-order valence-electron chi connectivity index (χ2n) is 3.24. The highest BCUT2D eigenvalue weighted by Crippen LogP contribution is 2.24. The first-order valence-corrected chi connectivity index (χ1v) is 4.78. The van der Waals surface area contributed by atoms with Crippen molar-refractivity contribution < 1.29 is 9.53 Å². The molecule has 2 aromatic rings. The Morgan fingerprint density at radius 3 is 3.06 bits per heavy atom. The lowest BCUT2D eigenvalue weighted by Crippen LogP contribution is -1.98. The van der Waals surface area contributed by atoms with Gasteiger partial charge in [-0.15, -0.1) is 0 Å². The molecule has 0 aliphatic rings. The second-order valence-corrected chi connectivity index (χ2v) is 3.24. The molecule has 0 fully saturated rings. The van der Waals surface area contributed by atoms with Gasteiger partial charge in [0, 0.05) is 16.5 Å². The van der Waals surface area contributed by atoms with Crippen LogP contribution >= 0.6 is 0 Å². The van der Waals surface area contributed by atoms with Gasteiger partial charge in [0.2, 0.25) is 0 Å². The second kappa shape index (κ2) is 4.51. The average molecular weight is 228 g/mol. The Hall–Kier alpha value is -2.59. The predicted molar refractivity (Wildman–Crippen MR) is 61.8 cm³/mol. The van der Waals surface area contributed by atoms with Gasteiger partial charge in [-0.3, -0.25) is 9.78 Å². The molecule has 17 heavy (non-hydrogen) atoms. The van der Waals surface area contributed by atoms with E-state index in [0.29, 0.717) is 11.3 Å². The maximum absolute atomic E-state index is 11.6. The number of fused-ring (bicyclic) bond motifs is 1. The highest BCUT2D eigenvalue weighted by molar-refractivity contribution is 6.06. The molecule has 6 heteroatoms. The molecule has 0 bridgehead atoms. The number of aromatic nitrogens is 1. The molecule has 0 radical (unpaired) electrons. The van der Waals surface area contributed by atoms with Gasteiger partial charge in [-0.25, -0.2) is 0 Å². The third-order valence-electron chi connectivity index (χ3n) is 2.28. The van der Waals surface area contributed by atoms with Crippen molar-refractivity contribution in [2.45, 2.75) is 0 Å². The van der Waals surface area contributed by atoms with Crippen LogP contribution in [0.1, 0.15) is 10.4 Å². The van der Waals surface area contributed by atoms with Gasteiger partial charge in [0.25, 0.3) is 5.91 Å².